The van der Waals surface area contributed by atoms with Crippen molar-refractivity contribution >= 4 is 28.5 Å². The summed E-state index contributed by atoms with van der Waals surface area (Å²) in [6, 6.07) is 15.6. The predicted molar refractivity (Wildman–Crippen MR) is 123 cm³/mol. The number of anilines is 1. The lowest BCUT2D eigenvalue weighted by molar-refractivity contribution is -0.121. The summed E-state index contributed by atoms with van der Waals surface area (Å²) in [5.41, 5.74) is 1.21. The van der Waals surface area contributed by atoms with Gasteiger partial charge in [0.15, 0.2) is 6.61 Å². The number of amides is 1. The van der Waals surface area contributed by atoms with Crippen molar-refractivity contribution in [3.63, 3.8) is 0 Å². The number of carbonyl (C=O) groups is 2. The van der Waals surface area contributed by atoms with Gasteiger partial charge in [0.05, 0.1) is 29.0 Å². The number of benzene rings is 2. The molecule has 2 aromatic carbocycles. The van der Waals surface area contributed by atoms with E-state index in [9.17, 15) is 14.4 Å². The van der Waals surface area contributed by atoms with E-state index in [1.54, 1.807) is 41.0 Å². The van der Waals surface area contributed by atoms with Gasteiger partial charge in [-0.3, -0.25) is 14.2 Å². The fourth-order valence-corrected chi connectivity index (χ4v) is 4.00. The van der Waals surface area contributed by atoms with Crippen molar-refractivity contribution in [1.82, 2.24) is 9.55 Å². The second-order valence-electron chi connectivity index (χ2n) is 7.89. The highest BCUT2D eigenvalue weighted by Crippen LogP contribution is 2.18. The first-order valence-corrected chi connectivity index (χ1v) is 11.0. The molecule has 8 heteroatoms. The Kier molecular flexibility index (Phi) is 6.79. The lowest BCUT2D eigenvalue weighted by Crippen LogP contribution is -2.35. The molecule has 1 aliphatic rings. The molecular weight excluding hydrogens is 420 g/mol. The van der Waals surface area contributed by atoms with E-state index in [1.807, 2.05) is 12.1 Å². The van der Waals surface area contributed by atoms with Crippen LogP contribution in [0.2, 0.25) is 0 Å². The summed E-state index contributed by atoms with van der Waals surface area (Å²) >= 11 is 0. The van der Waals surface area contributed by atoms with E-state index in [2.05, 4.69) is 4.98 Å². The zero-order chi connectivity index (χ0) is 23.2. The number of esters is 1. The molecular formula is C25H24N4O4. The number of fused-ring (bicyclic) bond motifs is 2. The van der Waals surface area contributed by atoms with Gasteiger partial charge in [0, 0.05) is 25.2 Å². The Morgan fingerprint density at radius 3 is 2.73 bits per heavy atom. The number of nitrogens with zero attached hydrogens (tertiary/aromatic N) is 4. The molecule has 1 aliphatic heterocycles. The summed E-state index contributed by atoms with van der Waals surface area (Å²) in [4.78, 5) is 44.3. The fraction of sp³-hybridized carbons (Fsp3) is 0.320. The first kappa shape index (κ1) is 22.2. The van der Waals surface area contributed by atoms with E-state index >= 15 is 0 Å². The van der Waals surface area contributed by atoms with E-state index < -0.39 is 18.5 Å². The van der Waals surface area contributed by atoms with Crippen molar-refractivity contribution in [2.24, 2.45) is 0 Å². The molecule has 1 amide bonds. The first-order valence-electron chi connectivity index (χ1n) is 11.0. The molecule has 8 nitrogen and oxygen atoms in total. The van der Waals surface area contributed by atoms with Crippen molar-refractivity contribution in [2.75, 3.05) is 18.1 Å². The minimum atomic E-state index is -0.671. The third-order valence-electron chi connectivity index (χ3n) is 5.70. The minimum Gasteiger partial charge on any atom is -0.452 e. The third kappa shape index (κ3) is 4.93. The number of rotatable bonds is 6. The van der Waals surface area contributed by atoms with E-state index in [4.69, 9.17) is 10.00 Å². The zero-order valence-corrected chi connectivity index (χ0v) is 18.2. The van der Waals surface area contributed by atoms with Crippen LogP contribution in [0, 0.1) is 11.3 Å². The van der Waals surface area contributed by atoms with Crippen LogP contribution in [0.1, 0.15) is 41.9 Å². The highest BCUT2D eigenvalue weighted by atomic mass is 16.5. The van der Waals surface area contributed by atoms with Crippen molar-refractivity contribution in [3.8, 4) is 6.07 Å². The van der Waals surface area contributed by atoms with Gasteiger partial charge in [-0.2, -0.15) is 5.26 Å². The van der Waals surface area contributed by atoms with Crippen LogP contribution in [-0.2, 0) is 22.5 Å². The number of nitriles is 1. The van der Waals surface area contributed by atoms with Gasteiger partial charge in [0.25, 0.3) is 11.5 Å². The maximum Gasteiger partial charge on any atom is 0.338 e. The standard InChI is InChI=1S/C25H24N4O4/c26-13-7-15-28(19-8-3-1-4-9-19)23(30)17-33-25(32)18-11-12-20-21(16-18)27-22-10-5-2-6-14-29(22)24(20)31/h1,3-4,8-9,11-12,16H,2,5-7,10,14-15,17H2. The minimum absolute atomic E-state index is 0.0945. The summed E-state index contributed by atoms with van der Waals surface area (Å²) in [5, 5.41) is 9.36. The normalized spacial score (nSPS) is 12.9. The van der Waals surface area contributed by atoms with Gasteiger partial charge in [-0.25, -0.2) is 9.78 Å². The molecule has 168 valence electrons. The number of aryl methyl sites for hydroxylation is 1. The topological polar surface area (TPSA) is 105 Å². The van der Waals surface area contributed by atoms with Gasteiger partial charge in [0.2, 0.25) is 0 Å². The fourth-order valence-electron chi connectivity index (χ4n) is 4.00. The second-order valence-corrected chi connectivity index (χ2v) is 7.89. The molecule has 3 aromatic rings. The summed E-state index contributed by atoms with van der Waals surface area (Å²) in [6.45, 7) is 0.399. The largest absolute Gasteiger partial charge is 0.452 e. The van der Waals surface area contributed by atoms with E-state index in [-0.39, 0.29) is 24.1 Å². The van der Waals surface area contributed by atoms with Gasteiger partial charge in [-0.05, 0) is 43.2 Å². The number of aromatic nitrogens is 2. The maximum absolute atomic E-state index is 12.9. The Morgan fingerprint density at radius 1 is 1.12 bits per heavy atom. The molecule has 0 fully saturated rings. The molecule has 0 bridgehead atoms. The SMILES string of the molecule is N#CCCN(C(=O)COC(=O)c1ccc2c(=O)n3c(nc2c1)CCCCC3)c1ccccc1. The molecule has 0 spiro atoms. The van der Waals surface area contributed by atoms with E-state index in [1.165, 1.54) is 11.0 Å². The van der Waals surface area contributed by atoms with Gasteiger partial charge in [-0.15, -0.1) is 0 Å². The van der Waals surface area contributed by atoms with Crippen LogP contribution in [0.25, 0.3) is 10.9 Å². The van der Waals surface area contributed by atoms with E-state index in [0.717, 1.165) is 31.5 Å². The van der Waals surface area contributed by atoms with Crippen LogP contribution in [0.3, 0.4) is 0 Å². The van der Waals surface area contributed by atoms with Gasteiger partial charge < -0.3 is 9.64 Å². The molecule has 4 rings (SSSR count). The first-order chi connectivity index (χ1) is 16.1. The zero-order valence-electron chi connectivity index (χ0n) is 18.2. The smallest absolute Gasteiger partial charge is 0.338 e. The van der Waals surface area contributed by atoms with Crippen molar-refractivity contribution < 1.29 is 14.3 Å². The summed E-state index contributed by atoms with van der Waals surface area (Å²) in [5.74, 6) is -0.357. The lowest BCUT2D eigenvalue weighted by Gasteiger charge is -2.21. The molecule has 0 atom stereocenters. The second kappa shape index (κ2) is 10.1. The Morgan fingerprint density at radius 2 is 1.94 bits per heavy atom. The number of hydrogen-bond acceptors (Lipinski definition) is 6. The number of hydrogen-bond donors (Lipinski definition) is 0. The molecule has 2 heterocycles. The summed E-state index contributed by atoms with van der Waals surface area (Å²) in [6.07, 6.45) is 3.87. The number of carbonyl (C=O) groups excluding carboxylic acids is 2. The Labute approximate surface area is 191 Å². The van der Waals surface area contributed by atoms with Crippen molar-refractivity contribution in [1.29, 1.82) is 5.26 Å². The van der Waals surface area contributed by atoms with Gasteiger partial charge in [0.1, 0.15) is 5.82 Å². The Bertz CT molecular complexity index is 1280. The molecule has 0 N–H and O–H groups in total. The van der Waals surface area contributed by atoms with Gasteiger partial charge in [-0.1, -0.05) is 24.6 Å². The molecule has 0 aliphatic carbocycles. The molecule has 0 saturated heterocycles. The highest BCUT2D eigenvalue weighted by molar-refractivity contribution is 5.98. The van der Waals surface area contributed by atoms with Crippen LogP contribution < -0.4 is 10.5 Å². The van der Waals surface area contributed by atoms with Crippen LogP contribution in [0.15, 0.2) is 53.3 Å². The average Bonchev–Trinajstić information content (AvgIpc) is 3.09. The number of para-hydroxylation sites is 1. The molecule has 33 heavy (non-hydrogen) atoms. The number of ether oxygens (including phenoxy) is 1. The summed E-state index contributed by atoms with van der Waals surface area (Å²) < 4.78 is 6.99. The van der Waals surface area contributed by atoms with Crippen LogP contribution in [0.5, 0.6) is 0 Å². The predicted octanol–water partition coefficient (Wildman–Crippen LogP) is 3.23. The Balaban J connectivity index is 1.51. The van der Waals surface area contributed by atoms with Gasteiger partial charge >= 0.3 is 5.97 Å². The lowest BCUT2D eigenvalue weighted by atomic mass is 10.1. The third-order valence-corrected chi connectivity index (χ3v) is 5.70. The van der Waals surface area contributed by atoms with E-state index in [0.29, 0.717) is 23.1 Å². The quantitative estimate of drug-likeness (QED) is 0.541. The molecule has 1 aromatic heterocycles. The van der Waals surface area contributed by atoms with Crippen LogP contribution >= 0.6 is 0 Å². The highest BCUT2D eigenvalue weighted by Gasteiger charge is 2.19. The Hall–Kier alpha value is -3.99. The van der Waals surface area contributed by atoms with Crippen molar-refractivity contribution in [2.45, 2.75) is 38.6 Å². The molecule has 0 radical (unpaired) electrons. The van der Waals surface area contributed by atoms with Crippen LogP contribution in [-0.4, -0.2) is 34.6 Å². The molecule has 0 saturated carbocycles. The average molecular weight is 444 g/mol. The monoisotopic (exact) mass is 444 g/mol. The van der Waals surface area contributed by atoms with Crippen LogP contribution in [0.4, 0.5) is 5.69 Å². The maximum atomic E-state index is 12.9. The van der Waals surface area contributed by atoms with Crippen molar-refractivity contribution in [3.05, 3.63) is 70.3 Å². The summed E-state index contributed by atoms with van der Waals surface area (Å²) in [7, 11) is 0. The molecule has 0 unspecified atom stereocenters.